The number of rotatable bonds is 5. The smallest absolute Gasteiger partial charge is 0.0553 e. The highest BCUT2D eigenvalue weighted by Gasteiger charge is 2.47. The molecule has 0 aliphatic heterocycles. The van der Waals surface area contributed by atoms with Gasteiger partial charge in [-0.2, -0.15) is 0 Å². The maximum atomic E-state index is 6.12. The van der Waals surface area contributed by atoms with Crippen molar-refractivity contribution in [3.8, 4) is 0 Å². The van der Waals surface area contributed by atoms with Crippen LogP contribution in [0.5, 0.6) is 0 Å². The molecule has 0 heterocycles. The van der Waals surface area contributed by atoms with Gasteiger partial charge in [-0.05, 0) is 30.9 Å². The van der Waals surface area contributed by atoms with Gasteiger partial charge in [0.1, 0.15) is 0 Å². The van der Waals surface area contributed by atoms with Gasteiger partial charge in [-0.15, -0.1) is 0 Å². The van der Waals surface area contributed by atoms with Crippen molar-refractivity contribution in [2.75, 3.05) is 13.7 Å². The second kappa shape index (κ2) is 4.67. The van der Waals surface area contributed by atoms with Gasteiger partial charge in [0.2, 0.25) is 0 Å². The van der Waals surface area contributed by atoms with Crippen molar-refractivity contribution in [3.63, 3.8) is 0 Å². The van der Waals surface area contributed by atoms with E-state index in [9.17, 15) is 0 Å². The van der Waals surface area contributed by atoms with Gasteiger partial charge in [0, 0.05) is 24.0 Å². The van der Waals surface area contributed by atoms with Gasteiger partial charge in [0.15, 0.2) is 0 Å². The molecule has 1 aromatic carbocycles. The van der Waals surface area contributed by atoms with E-state index in [2.05, 4.69) is 45.0 Å². The van der Waals surface area contributed by atoms with Crippen LogP contribution in [0.2, 0.25) is 0 Å². The lowest BCUT2D eigenvalue weighted by molar-refractivity contribution is 0.146. The molecule has 100 valence electrons. The van der Waals surface area contributed by atoms with E-state index in [0.717, 1.165) is 6.61 Å². The van der Waals surface area contributed by atoms with E-state index in [1.54, 1.807) is 7.11 Å². The molecule has 1 saturated carbocycles. The minimum atomic E-state index is 0.0678. The van der Waals surface area contributed by atoms with Gasteiger partial charge in [-0.3, -0.25) is 0 Å². The van der Waals surface area contributed by atoms with E-state index in [4.69, 9.17) is 10.5 Å². The maximum Gasteiger partial charge on any atom is 0.0553 e. The number of methoxy groups -OCH3 is 1. The van der Waals surface area contributed by atoms with Crippen LogP contribution >= 0.6 is 0 Å². The third kappa shape index (κ3) is 2.32. The Labute approximate surface area is 111 Å². The second-order valence-corrected chi connectivity index (χ2v) is 6.34. The standard InChI is InChI=1S/C16H25NO/c1-12(17)16(9-10-16)14-7-5-13(6-8-14)15(2,3)11-18-4/h5-8,12H,9-11,17H2,1-4H3. The van der Waals surface area contributed by atoms with Gasteiger partial charge in [0.25, 0.3) is 0 Å². The summed E-state index contributed by atoms with van der Waals surface area (Å²) in [6, 6.07) is 9.22. The van der Waals surface area contributed by atoms with Crippen molar-refractivity contribution >= 4 is 0 Å². The summed E-state index contributed by atoms with van der Waals surface area (Å²) in [5.74, 6) is 0. The first-order chi connectivity index (χ1) is 8.42. The van der Waals surface area contributed by atoms with E-state index < -0.39 is 0 Å². The summed E-state index contributed by atoms with van der Waals surface area (Å²) in [7, 11) is 1.76. The first-order valence-corrected chi connectivity index (χ1v) is 6.78. The van der Waals surface area contributed by atoms with Crippen LogP contribution in [-0.2, 0) is 15.6 Å². The van der Waals surface area contributed by atoms with Crippen LogP contribution < -0.4 is 5.73 Å². The number of nitrogens with two attached hydrogens (primary N) is 1. The Bertz CT molecular complexity index is 402. The van der Waals surface area contributed by atoms with E-state index in [1.807, 2.05) is 0 Å². The molecule has 2 heteroatoms. The third-order valence-electron chi connectivity index (χ3n) is 4.41. The molecule has 0 spiro atoms. The Morgan fingerprint density at radius 3 is 2.22 bits per heavy atom. The molecule has 1 unspecified atom stereocenters. The average Bonchev–Trinajstić information content (AvgIpc) is 3.10. The highest BCUT2D eigenvalue weighted by molar-refractivity contribution is 5.37. The summed E-state index contributed by atoms with van der Waals surface area (Å²) in [6.45, 7) is 7.29. The molecular weight excluding hydrogens is 222 g/mol. The predicted molar refractivity (Wildman–Crippen MR) is 75.9 cm³/mol. The summed E-state index contributed by atoms with van der Waals surface area (Å²) in [5.41, 5.74) is 9.16. The molecule has 1 fully saturated rings. The first kappa shape index (κ1) is 13.6. The molecule has 1 aromatic rings. The molecule has 0 radical (unpaired) electrons. The summed E-state index contributed by atoms with van der Waals surface area (Å²) in [4.78, 5) is 0. The van der Waals surface area contributed by atoms with Gasteiger partial charge in [-0.25, -0.2) is 0 Å². The van der Waals surface area contributed by atoms with Crippen LogP contribution in [0.1, 0.15) is 44.7 Å². The Hall–Kier alpha value is -0.860. The Morgan fingerprint density at radius 1 is 1.28 bits per heavy atom. The van der Waals surface area contributed by atoms with E-state index >= 15 is 0 Å². The summed E-state index contributed by atoms with van der Waals surface area (Å²) in [5, 5.41) is 0. The molecule has 2 rings (SSSR count). The average molecular weight is 247 g/mol. The van der Waals surface area contributed by atoms with E-state index in [0.29, 0.717) is 0 Å². The predicted octanol–water partition coefficient (Wildman–Crippen LogP) is 2.99. The fourth-order valence-electron chi connectivity index (χ4n) is 2.84. The van der Waals surface area contributed by atoms with Crippen LogP contribution in [0.4, 0.5) is 0 Å². The second-order valence-electron chi connectivity index (χ2n) is 6.34. The topological polar surface area (TPSA) is 35.2 Å². The molecule has 2 nitrogen and oxygen atoms in total. The highest BCUT2D eigenvalue weighted by Crippen LogP contribution is 2.50. The van der Waals surface area contributed by atoms with Gasteiger partial charge >= 0.3 is 0 Å². The molecule has 1 atom stereocenters. The largest absolute Gasteiger partial charge is 0.384 e. The normalized spacial score (nSPS) is 19.6. The molecular formula is C16H25NO. The Balaban J connectivity index is 2.21. The van der Waals surface area contributed by atoms with Crippen LogP contribution in [0.3, 0.4) is 0 Å². The maximum absolute atomic E-state index is 6.12. The highest BCUT2D eigenvalue weighted by atomic mass is 16.5. The van der Waals surface area contributed by atoms with Crippen LogP contribution in [0.15, 0.2) is 24.3 Å². The molecule has 0 amide bonds. The van der Waals surface area contributed by atoms with Crippen molar-refractivity contribution < 1.29 is 4.74 Å². The number of hydrogen-bond donors (Lipinski definition) is 1. The van der Waals surface area contributed by atoms with Crippen molar-refractivity contribution in [2.24, 2.45) is 5.73 Å². The van der Waals surface area contributed by atoms with Gasteiger partial charge in [0.05, 0.1) is 6.61 Å². The molecule has 18 heavy (non-hydrogen) atoms. The van der Waals surface area contributed by atoms with Gasteiger partial charge < -0.3 is 10.5 Å². The zero-order valence-electron chi connectivity index (χ0n) is 12.0. The van der Waals surface area contributed by atoms with Crippen molar-refractivity contribution in [3.05, 3.63) is 35.4 Å². The van der Waals surface area contributed by atoms with Crippen molar-refractivity contribution in [1.29, 1.82) is 0 Å². The molecule has 1 aliphatic rings. The summed E-state index contributed by atoms with van der Waals surface area (Å²) >= 11 is 0. The minimum absolute atomic E-state index is 0.0678. The lowest BCUT2D eigenvalue weighted by Crippen LogP contribution is -2.31. The zero-order chi connectivity index (χ0) is 13.4. The lowest BCUT2D eigenvalue weighted by Gasteiger charge is -2.26. The fourth-order valence-corrected chi connectivity index (χ4v) is 2.84. The molecule has 0 aromatic heterocycles. The lowest BCUT2D eigenvalue weighted by atomic mass is 9.82. The van der Waals surface area contributed by atoms with Crippen LogP contribution in [0.25, 0.3) is 0 Å². The van der Waals surface area contributed by atoms with Crippen molar-refractivity contribution in [2.45, 2.75) is 50.5 Å². The molecule has 1 aliphatic carbocycles. The molecule has 2 N–H and O–H groups in total. The monoisotopic (exact) mass is 247 g/mol. The Morgan fingerprint density at radius 2 is 1.83 bits per heavy atom. The van der Waals surface area contributed by atoms with Crippen LogP contribution in [0, 0.1) is 0 Å². The van der Waals surface area contributed by atoms with Crippen molar-refractivity contribution in [1.82, 2.24) is 0 Å². The summed E-state index contributed by atoms with van der Waals surface area (Å²) < 4.78 is 5.29. The fraction of sp³-hybridized carbons (Fsp3) is 0.625. The Kier molecular flexibility index (Phi) is 3.52. The van der Waals surface area contributed by atoms with E-state index in [1.165, 1.54) is 24.0 Å². The number of benzene rings is 1. The minimum Gasteiger partial charge on any atom is -0.384 e. The molecule has 0 bridgehead atoms. The molecule has 0 saturated heterocycles. The SMILES string of the molecule is COCC(C)(C)c1ccc(C2(C(C)N)CC2)cc1. The quantitative estimate of drug-likeness (QED) is 0.868. The van der Waals surface area contributed by atoms with Crippen LogP contribution in [-0.4, -0.2) is 19.8 Å². The number of hydrogen-bond acceptors (Lipinski definition) is 2. The van der Waals surface area contributed by atoms with Gasteiger partial charge in [-0.1, -0.05) is 38.1 Å². The zero-order valence-corrected chi connectivity index (χ0v) is 12.0. The first-order valence-electron chi connectivity index (χ1n) is 6.78. The summed E-state index contributed by atoms with van der Waals surface area (Å²) in [6.07, 6.45) is 2.46. The third-order valence-corrected chi connectivity index (χ3v) is 4.41. The van der Waals surface area contributed by atoms with E-state index in [-0.39, 0.29) is 16.9 Å². The number of ether oxygens (including phenoxy) is 1.